The lowest BCUT2D eigenvalue weighted by Crippen LogP contribution is -2.27. The highest BCUT2D eigenvalue weighted by molar-refractivity contribution is 7.99. The zero-order valence-electron chi connectivity index (χ0n) is 15.6. The van der Waals surface area contributed by atoms with Crippen LogP contribution in [0.1, 0.15) is 10.4 Å². The topological polar surface area (TPSA) is 76.4 Å². The molecule has 0 aromatic heterocycles. The minimum absolute atomic E-state index is 0.194. The van der Waals surface area contributed by atoms with Crippen LogP contribution in [0, 0.1) is 0 Å². The molecule has 1 amide bonds. The second-order valence-corrected chi connectivity index (χ2v) is 7.21. The first kappa shape index (κ1) is 19.8. The van der Waals surface area contributed by atoms with Crippen molar-refractivity contribution in [3.8, 4) is 0 Å². The molecule has 3 aromatic carbocycles. The minimum Gasteiger partial charge on any atom is -0.399 e. The van der Waals surface area contributed by atoms with Crippen LogP contribution in [0.2, 0.25) is 0 Å². The smallest absolute Gasteiger partial charge is 0.253 e. The van der Waals surface area contributed by atoms with Gasteiger partial charge in [-0.1, -0.05) is 42.1 Å². The minimum atomic E-state index is -0.194. The number of amides is 1. The van der Waals surface area contributed by atoms with E-state index in [4.69, 9.17) is 10.5 Å². The van der Waals surface area contributed by atoms with Crippen molar-refractivity contribution in [3.63, 3.8) is 0 Å². The van der Waals surface area contributed by atoms with Gasteiger partial charge in [-0.25, -0.2) is 0 Å². The van der Waals surface area contributed by atoms with Crippen LogP contribution in [0.5, 0.6) is 0 Å². The van der Waals surface area contributed by atoms with Crippen LogP contribution in [-0.4, -0.2) is 26.2 Å². The number of nitrogens with one attached hydrogen (secondary N) is 2. The number of rotatable bonds is 8. The van der Waals surface area contributed by atoms with Gasteiger partial charge in [0.15, 0.2) is 0 Å². The Balaban J connectivity index is 1.85. The van der Waals surface area contributed by atoms with Gasteiger partial charge in [-0.2, -0.15) is 0 Å². The van der Waals surface area contributed by atoms with E-state index < -0.39 is 0 Å². The third-order valence-corrected chi connectivity index (χ3v) is 5.09. The van der Waals surface area contributed by atoms with Gasteiger partial charge in [0.2, 0.25) is 0 Å². The van der Waals surface area contributed by atoms with Gasteiger partial charge in [-0.15, -0.1) is 0 Å². The summed E-state index contributed by atoms with van der Waals surface area (Å²) in [5, 5.41) is 6.23. The molecule has 0 aliphatic rings. The predicted molar refractivity (Wildman–Crippen MR) is 115 cm³/mol. The molecule has 0 fully saturated rings. The van der Waals surface area contributed by atoms with E-state index in [1.54, 1.807) is 31.0 Å². The van der Waals surface area contributed by atoms with Gasteiger partial charge in [0.25, 0.3) is 5.91 Å². The van der Waals surface area contributed by atoms with Crippen LogP contribution in [0.25, 0.3) is 0 Å². The molecule has 3 aromatic rings. The summed E-state index contributed by atoms with van der Waals surface area (Å²) >= 11 is 1.66. The van der Waals surface area contributed by atoms with Gasteiger partial charge < -0.3 is 21.1 Å². The van der Waals surface area contributed by atoms with Crippen molar-refractivity contribution in [1.82, 2.24) is 5.32 Å². The maximum atomic E-state index is 12.6. The molecule has 5 nitrogen and oxygen atoms in total. The number of methoxy groups -OCH3 is 1. The Morgan fingerprint density at radius 3 is 2.54 bits per heavy atom. The Kier molecular flexibility index (Phi) is 6.94. The number of hydrogen-bond donors (Lipinski definition) is 3. The van der Waals surface area contributed by atoms with Crippen molar-refractivity contribution in [2.45, 2.75) is 9.79 Å². The molecule has 4 N–H and O–H groups in total. The van der Waals surface area contributed by atoms with Gasteiger partial charge in [0.1, 0.15) is 0 Å². The number of benzene rings is 3. The summed E-state index contributed by atoms with van der Waals surface area (Å²) < 4.78 is 4.99. The van der Waals surface area contributed by atoms with E-state index in [1.807, 2.05) is 42.5 Å². The van der Waals surface area contributed by atoms with E-state index in [9.17, 15) is 4.79 Å². The van der Waals surface area contributed by atoms with E-state index in [-0.39, 0.29) is 5.91 Å². The first-order valence-corrected chi connectivity index (χ1v) is 9.74. The number of ether oxygens (including phenoxy) is 1. The maximum absolute atomic E-state index is 12.6. The Bertz CT molecular complexity index is 932. The molecule has 0 aliphatic heterocycles. The highest BCUT2D eigenvalue weighted by atomic mass is 32.2. The molecule has 3 rings (SSSR count). The van der Waals surface area contributed by atoms with Crippen LogP contribution in [0.3, 0.4) is 0 Å². The summed E-state index contributed by atoms with van der Waals surface area (Å²) in [6.07, 6.45) is 0. The highest BCUT2D eigenvalue weighted by Gasteiger charge is 2.13. The number of nitrogens with two attached hydrogens (primary N) is 1. The largest absolute Gasteiger partial charge is 0.399 e. The number of carbonyl (C=O) groups is 1. The third-order valence-electron chi connectivity index (χ3n) is 4.01. The zero-order chi connectivity index (χ0) is 19.8. The van der Waals surface area contributed by atoms with Crippen LogP contribution in [-0.2, 0) is 4.74 Å². The third kappa shape index (κ3) is 5.28. The Morgan fingerprint density at radius 1 is 1.00 bits per heavy atom. The zero-order valence-corrected chi connectivity index (χ0v) is 16.5. The number of para-hydroxylation sites is 1. The molecule has 0 saturated heterocycles. The van der Waals surface area contributed by atoms with Crippen LogP contribution in [0.4, 0.5) is 17.1 Å². The number of hydrogen-bond acceptors (Lipinski definition) is 5. The SMILES string of the molecule is COCCNC(=O)c1cc(N)ccc1Nc1ccccc1Sc1ccccc1. The maximum Gasteiger partial charge on any atom is 0.253 e. The lowest BCUT2D eigenvalue weighted by molar-refractivity contribution is 0.0938. The average molecular weight is 394 g/mol. The molecular formula is C22H23N3O2S. The van der Waals surface area contributed by atoms with Crippen molar-refractivity contribution in [2.75, 3.05) is 31.3 Å². The lowest BCUT2D eigenvalue weighted by atomic mass is 10.1. The van der Waals surface area contributed by atoms with E-state index in [2.05, 4.69) is 28.8 Å². The van der Waals surface area contributed by atoms with Crippen LogP contribution in [0.15, 0.2) is 82.6 Å². The van der Waals surface area contributed by atoms with Crippen molar-refractivity contribution in [2.24, 2.45) is 0 Å². The summed E-state index contributed by atoms with van der Waals surface area (Å²) in [4.78, 5) is 14.8. The molecule has 144 valence electrons. The standard InChI is InChI=1S/C22H23N3O2S/c1-27-14-13-24-22(26)18-15-16(23)11-12-19(18)25-20-9-5-6-10-21(20)28-17-7-3-2-4-8-17/h2-12,15,25H,13-14,23H2,1H3,(H,24,26). The molecule has 0 atom stereocenters. The Hall–Kier alpha value is -2.96. The van der Waals surface area contributed by atoms with Crippen LogP contribution < -0.4 is 16.4 Å². The van der Waals surface area contributed by atoms with Gasteiger partial charge in [-0.05, 0) is 42.5 Å². The van der Waals surface area contributed by atoms with Gasteiger partial charge in [-0.3, -0.25) is 4.79 Å². The fourth-order valence-electron chi connectivity index (χ4n) is 2.64. The normalized spacial score (nSPS) is 10.5. The second kappa shape index (κ2) is 9.82. The monoisotopic (exact) mass is 393 g/mol. The van der Waals surface area contributed by atoms with Crippen molar-refractivity contribution < 1.29 is 9.53 Å². The molecule has 0 heterocycles. The lowest BCUT2D eigenvalue weighted by Gasteiger charge is -2.15. The van der Waals surface area contributed by atoms with E-state index in [0.29, 0.717) is 30.1 Å². The predicted octanol–water partition coefficient (Wildman–Crippen LogP) is 4.54. The van der Waals surface area contributed by atoms with Gasteiger partial charge >= 0.3 is 0 Å². The number of nitrogen functional groups attached to an aromatic ring is 1. The van der Waals surface area contributed by atoms with Crippen molar-refractivity contribution in [3.05, 3.63) is 78.4 Å². The number of anilines is 3. The fraction of sp³-hybridized carbons (Fsp3) is 0.136. The molecule has 0 saturated carbocycles. The van der Waals surface area contributed by atoms with Crippen molar-refractivity contribution >= 4 is 34.7 Å². The van der Waals surface area contributed by atoms with E-state index in [0.717, 1.165) is 15.5 Å². The van der Waals surface area contributed by atoms with Gasteiger partial charge in [0, 0.05) is 29.1 Å². The summed E-state index contributed by atoms with van der Waals surface area (Å²) in [6, 6.07) is 23.5. The quantitative estimate of drug-likeness (QED) is 0.387. The second-order valence-electron chi connectivity index (χ2n) is 6.09. The first-order valence-electron chi connectivity index (χ1n) is 8.93. The molecule has 0 spiro atoms. The molecule has 0 radical (unpaired) electrons. The summed E-state index contributed by atoms with van der Waals surface area (Å²) in [5.41, 5.74) is 8.56. The van der Waals surface area contributed by atoms with E-state index >= 15 is 0 Å². The molecule has 28 heavy (non-hydrogen) atoms. The summed E-state index contributed by atoms with van der Waals surface area (Å²) in [5.74, 6) is -0.194. The average Bonchev–Trinajstić information content (AvgIpc) is 2.71. The highest BCUT2D eigenvalue weighted by Crippen LogP contribution is 2.35. The molecular weight excluding hydrogens is 370 g/mol. The summed E-state index contributed by atoms with van der Waals surface area (Å²) in [7, 11) is 1.60. The molecule has 0 aliphatic carbocycles. The van der Waals surface area contributed by atoms with Crippen molar-refractivity contribution in [1.29, 1.82) is 0 Å². The van der Waals surface area contributed by atoms with Crippen LogP contribution >= 0.6 is 11.8 Å². The number of carbonyl (C=O) groups excluding carboxylic acids is 1. The van der Waals surface area contributed by atoms with E-state index in [1.165, 1.54) is 0 Å². The molecule has 0 unspecified atom stereocenters. The molecule has 6 heteroatoms. The van der Waals surface area contributed by atoms with Gasteiger partial charge in [0.05, 0.1) is 23.5 Å². The molecule has 0 bridgehead atoms. The summed E-state index contributed by atoms with van der Waals surface area (Å²) in [6.45, 7) is 0.886. The fourth-order valence-corrected chi connectivity index (χ4v) is 3.56. The Morgan fingerprint density at radius 2 is 1.75 bits per heavy atom. The first-order chi connectivity index (χ1) is 13.7. The Labute approximate surface area is 169 Å².